The van der Waals surface area contributed by atoms with Gasteiger partial charge in [-0.3, -0.25) is 24.2 Å². The van der Waals surface area contributed by atoms with Gasteiger partial charge in [0.15, 0.2) is 17.2 Å². The Hall–Kier alpha value is -3.94. The number of likely N-dealkylation sites (N-methyl/N-ethyl adjacent to an activating group) is 1. The highest BCUT2D eigenvalue weighted by molar-refractivity contribution is 6.16. The minimum atomic E-state index is -2.44. The number of ether oxygens (including phenoxy) is 2. The van der Waals surface area contributed by atoms with E-state index in [0.717, 1.165) is 12.8 Å². The second-order valence-electron chi connectivity index (χ2n) is 11.6. The van der Waals surface area contributed by atoms with Gasteiger partial charge in [-0.05, 0) is 63.4 Å². The first kappa shape index (κ1) is 27.2. The smallest absolute Gasteiger partial charge is 0.410 e. The van der Waals surface area contributed by atoms with Gasteiger partial charge in [-0.2, -0.15) is 0 Å². The molecule has 6 rings (SSSR count). The van der Waals surface area contributed by atoms with Gasteiger partial charge in [0, 0.05) is 23.1 Å². The van der Waals surface area contributed by atoms with Gasteiger partial charge in [-0.15, -0.1) is 0 Å². The molecule has 1 aromatic rings. The predicted molar refractivity (Wildman–Crippen MR) is 139 cm³/mol. The molecule has 6 N–H and O–H groups in total. The first-order valence-electron chi connectivity index (χ1n) is 13.3. The molecule has 13 heteroatoms. The Bertz CT molecular complexity index is 1490. The Morgan fingerprint density at radius 3 is 2.44 bits per heavy atom. The molecule has 5 atom stereocenters. The van der Waals surface area contributed by atoms with E-state index in [9.17, 15) is 39.6 Å². The fourth-order valence-corrected chi connectivity index (χ4v) is 7.21. The molecule has 218 valence electrons. The molecule has 1 saturated carbocycles. The molecule has 41 heavy (non-hydrogen) atoms. The van der Waals surface area contributed by atoms with E-state index in [0.29, 0.717) is 0 Å². The van der Waals surface area contributed by atoms with E-state index in [2.05, 4.69) is 0 Å². The molecule has 0 aromatic heterocycles. The van der Waals surface area contributed by atoms with Gasteiger partial charge in [0.05, 0.1) is 25.3 Å². The van der Waals surface area contributed by atoms with Crippen molar-refractivity contribution in [3.63, 3.8) is 0 Å². The molecular formula is C28H31N3O10. The van der Waals surface area contributed by atoms with Crippen LogP contribution in [-0.4, -0.2) is 105 Å². The number of nitrogens with two attached hydrogens (primary N) is 1. The Morgan fingerprint density at radius 1 is 1.17 bits per heavy atom. The number of methoxy groups -OCH3 is 1. The number of aliphatic hydroxyl groups is 3. The largest absolute Gasteiger partial charge is 0.510 e. The average molecular weight is 570 g/mol. The van der Waals surface area contributed by atoms with E-state index < -0.39 is 75.7 Å². The number of benzene rings is 1. The van der Waals surface area contributed by atoms with Gasteiger partial charge < -0.3 is 35.6 Å². The van der Waals surface area contributed by atoms with Crippen LogP contribution in [0.4, 0.5) is 4.79 Å². The maximum atomic E-state index is 13.9. The molecule has 13 nitrogen and oxygen atoms in total. The van der Waals surface area contributed by atoms with E-state index in [4.69, 9.17) is 15.2 Å². The Kier molecular flexibility index (Phi) is 5.83. The SMILES string of the molecule is COC(=O)N(CC(=O)c1ccc(O)c2c1C[C@H]1C[C@H]3[C@@H](N(C)C)C(O)=C(C(N)=O)C4(O)O[C@]34C(O)=C1C2=O)C1CC1. The number of amides is 2. The van der Waals surface area contributed by atoms with Gasteiger partial charge in [-0.1, -0.05) is 0 Å². The summed E-state index contributed by atoms with van der Waals surface area (Å²) in [6.45, 7) is -0.273. The highest BCUT2D eigenvalue weighted by Gasteiger charge is 2.84. The number of aromatic hydroxyl groups is 1. The number of Topliss-reactive ketones (excluding diaryl/α,β-unsaturated/α-hetero) is 2. The van der Waals surface area contributed by atoms with Gasteiger partial charge in [0.2, 0.25) is 5.79 Å². The van der Waals surface area contributed by atoms with Crippen molar-refractivity contribution < 1.29 is 49.1 Å². The number of primary amides is 1. The molecule has 0 radical (unpaired) electrons. The maximum Gasteiger partial charge on any atom is 0.410 e. The van der Waals surface area contributed by atoms with Crippen LogP contribution in [0.1, 0.15) is 45.5 Å². The van der Waals surface area contributed by atoms with Crippen molar-refractivity contribution in [3.8, 4) is 5.75 Å². The Morgan fingerprint density at radius 2 is 1.85 bits per heavy atom. The third-order valence-electron chi connectivity index (χ3n) is 9.13. The van der Waals surface area contributed by atoms with Crippen molar-refractivity contribution >= 4 is 23.6 Å². The van der Waals surface area contributed by atoms with Crippen molar-refractivity contribution in [3.05, 3.63) is 51.5 Å². The number of carbonyl (C=O) groups is 4. The number of phenolic OH excluding ortho intramolecular Hbond substituents is 1. The van der Waals surface area contributed by atoms with Crippen LogP contribution in [0, 0.1) is 11.8 Å². The molecule has 1 heterocycles. The van der Waals surface area contributed by atoms with Crippen molar-refractivity contribution in [1.82, 2.24) is 9.80 Å². The van der Waals surface area contributed by atoms with Crippen LogP contribution in [0.15, 0.2) is 34.8 Å². The first-order valence-corrected chi connectivity index (χ1v) is 13.3. The van der Waals surface area contributed by atoms with Crippen LogP contribution >= 0.6 is 0 Å². The second-order valence-corrected chi connectivity index (χ2v) is 11.6. The number of allylic oxidation sites excluding steroid dienone is 1. The topological polar surface area (TPSA) is 203 Å². The molecule has 1 spiro atoms. The monoisotopic (exact) mass is 569 g/mol. The molecule has 1 saturated heterocycles. The molecule has 2 amide bonds. The predicted octanol–water partition coefficient (Wildman–Crippen LogP) is 0.692. The van der Waals surface area contributed by atoms with E-state index in [1.807, 2.05) is 0 Å². The summed E-state index contributed by atoms with van der Waals surface area (Å²) in [6, 6.07) is 1.60. The number of nitrogens with zero attached hydrogens (tertiary/aromatic N) is 2. The fourth-order valence-electron chi connectivity index (χ4n) is 7.21. The average Bonchev–Trinajstić information content (AvgIpc) is 3.81. The number of hydrogen-bond acceptors (Lipinski definition) is 11. The molecule has 0 bridgehead atoms. The lowest BCUT2D eigenvalue weighted by atomic mass is 9.60. The third-order valence-corrected chi connectivity index (χ3v) is 9.13. The van der Waals surface area contributed by atoms with Crippen LogP contribution in [0.2, 0.25) is 0 Å². The second kappa shape index (κ2) is 8.78. The molecule has 1 unspecified atom stereocenters. The van der Waals surface area contributed by atoms with Crippen LogP contribution < -0.4 is 5.73 Å². The van der Waals surface area contributed by atoms with Crippen molar-refractivity contribution in [1.29, 1.82) is 0 Å². The number of epoxide rings is 1. The number of rotatable bonds is 6. The summed E-state index contributed by atoms with van der Waals surface area (Å²) in [5.41, 5.74) is 3.13. The number of fused-ring (bicyclic) bond motifs is 2. The Labute approximate surface area is 234 Å². The number of carbonyl (C=O) groups excluding carboxylic acids is 4. The normalized spacial score (nSPS) is 31.6. The Balaban J connectivity index is 1.44. The van der Waals surface area contributed by atoms with E-state index >= 15 is 0 Å². The molecule has 5 aliphatic rings. The lowest BCUT2D eigenvalue weighted by Crippen LogP contribution is -2.57. The van der Waals surface area contributed by atoms with Gasteiger partial charge in [-0.25, -0.2) is 4.79 Å². The van der Waals surface area contributed by atoms with Crippen LogP contribution in [0.3, 0.4) is 0 Å². The minimum absolute atomic E-state index is 0.0654. The van der Waals surface area contributed by atoms with Crippen molar-refractivity contribution in [2.45, 2.75) is 49.2 Å². The number of hydrogen-bond donors (Lipinski definition) is 5. The molecule has 2 fully saturated rings. The quantitative estimate of drug-likeness (QED) is 0.238. The summed E-state index contributed by atoms with van der Waals surface area (Å²) >= 11 is 0. The lowest BCUT2D eigenvalue weighted by molar-refractivity contribution is -0.117. The summed E-state index contributed by atoms with van der Waals surface area (Å²) in [5, 5.41) is 44.7. The standard InChI is InChI=1S/C28H31N3O10/c1-30(2)21-15-9-11-8-14-13(17(33)10-31(12-4-5-12)26(38)40-3)6-7-16(32)19(14)22(34)18(11)24(36)27(15)28(39,41-27)20(23(21)35)25(29)37/h6-7,11-12,15,21,32,35-36,39H,4-5,8-10H2,1-3H3,(H2,29,37)/t11-,15-,21+,27-,28?/m0/s1. The number of aliphatic hydroxyl groups excluding tert-OH is 2. The number of ketones is 2. The van der Waals surface area contributed by atoms with Crippen LogP contribution in [0.25, 0.3) is 0 Å². The summed E-state index contributed by atoms with van der Waals surface area (Å²) in [6.07, 6.45) is 1.03. The summed E-state index contributed by atoms with van der Waals surface area (Å²) < 4.78 is 10.5. The van der Waals surface area contributed by atoms with E-state index in [1.54, 1.807) is 19.0 Å². The van der Waals surface area contributed by atoms with Gasteiger partial charge in [0.1, 0.15) is 22.8 Å². The van der Waals surface area contributed by atoms with Crippen LogP contribution in [0.5, 0.6) is 5.75 Å². The third kappa shape index (κ3) is 3.52. The highest BCUT2D eigenvalue weighted by atomic mass is 16.8. The van der Waals surface area contributed by atoms with Crippen LogP contribution in [-0.2, 0) is 20.7 Å². The minimum Gasteiger partial charge on any atom is -0.510 e. The first-order chi connectivity index (χ1) is 19.3. The number of phenols is 1. The van der Waals surface area contributed by atoms with Gasteiger partial charge in [0.25, 0.3) is 5.91 Å². The van der Waals surface area contributed by atoms with E-state index in [1.165, 1.54) is 24.1 Å². The summed E-state index contributed by atoms with van der Waals surface area (Å²) in [4.78, 5) is 54.9. The lowest BCUT2D eigenvalue weighted by Gasteiger charge is -2.45. The summed E-state index contributed by atoms with van der Waals surface area (Å²) in [5.74, 6) is -7.75. The zero-order chi connectivity index (χ0) is 29.8. The zero-order valence-electron chi connectivity index (χ0n) is 22.7. The summed E-state index contributed by atoms with van der Waals surface area (Å²) in [7, 11) is 4.51. The fraction of sp³-hybridized carbons (Fsp3) is 0.500. The molecular weight excluding hydrogens is 538 g/mol. The molecule has 1 aromatic carbocycles. The zero-order valence-corrected chi connectivity index (χ0v) is 22.7. The highest BCUT2D eigenvalue weighted by Crippen LogP contribution is 2.68. The van der Waals surface area contributed by atoms with Crippen molar-refractivity contribution in [2.24, 2.45) is 17.6 Å². The van der Waals surface area contributed by atoms with Crippen molar-refractivity contribution in [2.75, 3.05) is 27.7 Å². The molecule has 1 aliphatic heterocycles. The van der Waals surface area contributed by atoms with Gasteiger partial charge >= 0.3 is 6.09 Å². The molecule has 4 aliphatic carbocycles. The maximum absolute atomic E-state index is 13.9. The van der Waals surface area contributed by atoms with E-state index in [-0.39, 0.29) is 47.7 Å².